The van der Waals surface area contributed by atoms with Gasteiger partial charge in [0.2, 0.25) is 0 Å². The van der Waals surface area contributed by atoms with Gasteiger partial charge in [0.05, 0.1) is 11.7 Å². The molecule has 2 unspecified atom stereocenters. The van der Waals surface area contributed by atoms with Crippen molar-refractivity contribution < 1.29 is 4.74 Å². The Bertz CT molecular complexity index is 237. The van der Waals surface area contributed by atoms with Crippen molar-refractivity contribution in [1.82, 2.24) is 5.32 Å². The molecular formula is C16H31NO. The first kappa shape index (κ1) is 14.3. The zero-order valence-electron chi connectivity index (χ0n) is 12.3. The standard InChI is InChI=1S/C16H31NO/c1-3-5-10-16(4-2)13-17-12-15(18-16)11-14-8-6-7-9-14/h14-15,17H,3-13H2,1-2H3. The molecule has 0 bridgehead atoms. The van der Waals surface area contributed by atoms with Crippen LogP contribution < -0.4 is 5.32 Å². The summed E-state index contributed by atoms with van der Waals surface area (Å²) in [5.74, 6) is 0.940. The van der Waals surface area contributed by atoms with Gasteiger partial charge in [-0.1, -0.05) is 52.4 Å². The highest BCUT2D eigenvalue weighted by Gasteiger charge is 2.36. The Morgan fingerprint density at radius 1 is 1.22 bits per heavy atom. The van der Waals surface area contributed by atoms with Gasteiger partial charge in [-0.15, -0.1) is 0 Å². The Morgan fingerprint density at radius 3 is 2.67 bits per heavy atom. The van der Waals surface area contributed by atoms with Crippen LogP contribution in [0.15, 0.2) is 0 Å². The van der Waals surface area contributed by atoms with Gasteiger partial charge in [0.1, 0.15) is 0 Å². The third-order valence-corrected chi connectivity index (χ3v) is 4.94. The fraction of sp³-hybridized carbons (Fsp3) is 1.00. The largest absolute Gasteiger partial charge is 0.369 e. The summed E-state index contributed by atoms with van der Waals surface area (Å²) in [6.07, 6.45) is 12.5. The van der Waals surface area contributed by atoms with Crippen LogP contribution in [0.1, 0.15) is 71.6 Å². The van der Waals surface area contributed by atoms with Crippen molar-refractivity contribution in [2.45, 2.75) is 83.3 Å². The molecule has 0 aromatic rings. The molecule has 2 rings (SSSR count). The molecule has 1 saturated carbocycles. The second-order valence-corrected chi connectivity index (χ2v) is 6.40. The highest BCUT2D eigenvalue weighted by Crippen LogP contribution is 2.33. The maximum atomic E-state index is 6.52. The van der Waals surface area contributed by atoms with E-state index in [1.165, 1.54) is 51.4 Å². The molecule has 1 heterocycles. The van der Waals surface area contributed by atoms with Gasteiger partial charge in [0.15, 0.2) is 0 Å². The molecule has 1 N–H and O–H groups in total. The van der Waals surface area contributed by atoms with Gasteiger partial charge in [-0.3, -0.25) is 0 Å². The van der Waals surface area contributed by atoms with Crippen LogP contribution >= 0.6 is 0 Å². The van der Waals surface area contributed by atoms with Crippen LogP contribution in [0.2, 0.25) is 0 Å². The van der Waals surface area contributed by atoms with Crippen LogP contribution in [0.4, 0.5) is 0 Å². The lowest BCUT2D eigenvalue weighted by Gasteiger charge is -2.42. The van der Waals surface area contributed by atoms with E-state index >= 15 is 0 Å². The van der Waals surface area contributed by atoms with Crippen molar-refractivity contribution in [3.63, 3.8) is 0 Å². The Balaban J connectivity index is 1.84. The summed E-state index contributed by atoms with van der Waals surface area (Å²) in [4.78, 5) is 0. The highest BCUT2D eigenvalue weighted by molar-refractivity contribution is 4.89. The van der Waals surface area contributed by atoms with Crippen molar-refractivity contribution >= 4 is 0 Å². The number of morpholine rings is 1. The predicted octanol–water partition coefficient (Wildman–Crippen LogP) is 3.89. The lowest BCUT2D eigenvalue weighted by molar-refractivity contribution is -0.129. The summed E-state index contributed by atoms with van der Waals surface area (Å²) < 4.78 is 6.52. The van der Waals surface area contributed by atoms with E-state index in [0.29, 0.717) is 6.10 Å². The summed E-state index contributed by atoms with van der Waals surface area (Å²) in [6.45, 7) is 6.69. The molecule has 0 amide bonds. The van der Waals surface area contributed by atoms with Crippen LogP contribution in [0, 0.1) is 5.92 Å². The topological polar surface area (TPSA) is 21.3 Å². The number of rotatable bonds is 6. The summed E-state index contributed by atoms with van der Waals surface area (Å²) in [7, 11) is 0. The molecule has 0 radical (unpaired) electrons. The summed E-state index contributed by atoms with van der Waals surface area (Å²) in [5, 5.41) is 3.63. The van der Waals surface area contributed by atoms with E-state index in [1.54, 1.807) is 0 Å². The molecule has 2 atom stereocenters. The van der Waals surface area contributed by atoms with Gasteiger partial charge in [0, 0.05) is 13.1 Å². The molecule has 2 nitrogen and oxygen atoms in total. The molecule has 0 spiro atoms. The third kappa shape index (κ3) is 3.71. The first-order valence-electron chi connectivity index (χ1n) is 8.16. The van der Waals surface area contributed by atoms with Crippen molar-refractivity contribution in [3.8, 4) is 0 Å². The van der Waals surface area contributed by atoms with Crippen molar-refractivity contribution in [2.75, 3.05) is 13.1 Å². The monoisotopic (exact) mass is 253 g/mol. The first-order valence-corrected chi connectivity index (χ1v) is 8.16. The fourth-order valence-electron chi connectivity index (χ4n) is 3.68. The minimum atomic E-state index is 0.136. The second kappa shape index (κ2) is 6.91. The molecule has 1 aliphatic carbocycles. The molecule has 106 valence electrons. The number of nitrogens with one attached hydrogen (secondary N) is 1. The normalized spacial score (nSPS) is 34.0. The molecule has 1 aliphatic heterocycles. The summed E-state index contributed by atoms with van der Waals surface area (Å²) >= 11 is 0. The van der Waals surface area contributed by atoms with Gasteiger partial charge in [0.25, 0.3) is 0 Å². The van der Waals surface area contributed by atoms with Crippen LogP contribution in [0.5, 0.6) is 0 Å². The number of ether oxygens (including phenoxy) is 1. The summed E-state index contributed by atoms with van der Waals surface area (Å²) in [5.41, 5.74) is 0.136. The molecule has 0 aromatic heterocycles. The Hall–Kier alpha value is -0.0800. The van der Waals surface area contributed by atoms with Crippen LogP contribution in [0.25, 0.3) is 0 Å². The smallest absolute Gasteiger partial charge is 0.0808 e. The van der Waals surface area contributed by atoms with E-state index in [2.05, 4.69) is 19.2 Å². The van der Waals surface area contributed by atoms with Crippen molar-refractivity contribution in [3.05, 3.63) is 0 Å². The number of hydrogen-bond acceptors (Lipinski definition) is 2. The average molecular weight is 253 g/mol. The fourth-order valence-corrected chi connectivity index (χ4v) is 3.68. The lowest BCUT2D eigenvalue weighted by atomic mass is 9.90. The molecule has 2 heteroatoms. The van der Waals surface area contributed by atoms with Crippen LogP contribution in [-0.2, 0) is 4.74 Å². The van der Waals surface area contributed by atoms with Gasteiger partial charge in [-0.05, 0) is 25.2 Å². The maximum Gasteiger partial charge on any atom is 0.0808 e. The highest BCUT2D eigenvalue weighted by atomic mass is 16.5. The Labute approximate surface area is 113 Å². The molecule has 0 aromatic carbocycles. The lowest BCUT2D eigenvalue weighted by Crippen LogP contribution is -2.53. The van der Waals surface area contributed by atoms with Crippen molar-refractivity contribution in [1.29, 1.82) is 0 Å². The average Bonchev–Trinajstić information content (AvgIpc) is 2.90. The van der Waals surface area contributed by atoms with Crippen LogP contribution in [-0.4, -0.2) is 24.8 Å². The van der Waals surface area contributed by atoms with E-state index in [4.69, 9.17) is 4.74 Å². The molecule has 18 heavy (non-hydrogen) atoms. The molecule has 2 aliphatic rings. The SMILES string of the molecule is CCCCC1(CC)CNCC(CC2CCCC2)O1. The Kier molecular flexibility index (Phi) is 5.50. The van der Waals surface area contributed by atoms with Gasteiger partial charge in [-0.2, -0.15) is 0 Å². The van der Waals surface area contributed by atoms with E-state index in [-0.39, 0.29) is 5.60 Å². The number of hydrogen-bond donors (Lipinski definition) is 1. The second-order valence-electron chi connectivity index (χ2n) is 6.40. The predicted molar refractivity (Wildman–Crippen MR) is 76.9 cm³/mol. The number of unbranched alkanes of at least 4 members (excludes halogenated alkanes) is 1. The molecule has 1 saturated heterocycles. The minimum absolute atomic E-state index is 0.136. The van der Waals surface area contributed by atoms with Crippen molar-refractivity contribution in [2.24, 2.45) is 5.92 Å². The third-order valence-electron chi connectivity index (χ3n) is 4.94. The van der Waals surface area contributed by atoms with E-state index in [0.717, 1.165) is 25.4 Å². The van der Waals surface area contributed by atoms with E-state index < -0.39 is 0 Å². The van der Waals surface area contributed by atoms with E-state index in [9.17, 15) is 0 Å². The van der Waals surface area contributed by atoms with Gasteiger partial charge in [-0.25, -0.2) is 0 Å². The molecule has 2 fully saturated rings. The zero-order valence-corrected chi connectivity index (χ0v) is 12.3. The molecular weight excluding hydrogens is 222 g/mol. The maximum absolute atomic E-state index is 6.52. The van der Waals surface area contributed by atoms with Gasteiger partial charge < -0.3 is 10.1 Å². The summed E-state index contributed by atoms with van der Waals surface area (Å²) in [6, 6.07) is 0. The van der Waals surface area contributed by atoms with Gasteiger partial charge >= 0.3 is 0 Å². The van der Waals surface area contributed by atoms with E-state index in [1.807, 2.05) is 0 Å². The first-order chi connectivity index (χ1) is 8.78. The minimum Gasteiger partial charge on any atom is -0.369 e. The zero-order chi connectivity index (χ0) is 12.8. The van der Waals surface area contributed by atoms with Crippen LogP contribution in [0.3, 0.4) is 0 Å². The quantitative estimate of drug-likeness (QED) is 0.775. The Morgan fingerprint density at radius 2 is 2.00 bits per heavy atom.